The highest BCUT2D eigenvalue weighted by Crippen LogP contribution is 2.32. The number of nitrogens with one attached hydrogen (secondary N) is 1. The van der Waals surface area contributed by atoms with Gasteiger partial charge in [0, 0.05) is 65.1 Å². The summed E-state index contributed by atoms with van der Waals surface area (Å²) in [5.41, 5.74) is 0.664. The monoisotopic (exact) mass is 444 g/mol. The van der Waals surface area contributed by atoms with Gasteiger partial charge in [-0.3, -0.25) is 4.99 Å². The number of pyridine rings is 1. The van der Waals surface area contributed by atoms with Crippen LogP contribution in [0.4, 0.5) is 10.6 Å². The fourth-order valence-electron chi connectivity index (χ4n) is 4.14. The van der Waals surface area contributed by atoms with Gasteiger partial charge in [-0.2, -0.15) is 0 Å². The topological polar surface area (TPSA) is 73.3 Å². The van der Waals surface area contributed by atoms with Gasteiger partial charge < -0.3 is 24.8 Å². The first-order chi connectivity index (χ1) is 15.2. The standard InChI is InChI=1S/C24H40N6O2/c1-24(2,3)32-23(31)30(17-18-9-10-18)20-11-14-29(15-12-20)22(25-4)27-16-19-8-7-13-26-21(19)28(5)6/h7-8,13,18,20H,9-12,14-17H2,1-6H3,(H,25,27). The molecular formula is C24H40N6O2. The number of hydrogen-bond acceptors (Lipinski definition) is 5. The van der Waals surface area contributed by atoms with Gasteiger partial charge in [0.2, 0.25) is 0 Å². The highest BCUT2D eigenvalue weighted by atomic mass is 16.6. The number of nitrogens with zero attached hydrogens (tertiary/aromatic N) is 5. The first-order valence-corrected chi connectivity index (χ1v) is 11.7. The second-order valence-electron chi connectivity index (χ2n) is 10.1. The molecule has 0 spiro atoms. The van der Waals surface area contributed by atoms with Crippen LogP contribution in [0.5, 0.6) is 0 Å². The number of likely N-dealkylation sites (tertiary alicyclic amines) is 1. The summed E-state index contributed by atoms with van der Waals surface area (Å²) in [5.74, 6) is 2.49. The summed E-state index contributed by atoms with van der Waals surface area (Å²) < 4.78 is 5.72. The number of aromatic nitrogens is 1. The van der Waals surface area contributed by atoms with Crippen molar-refractivity contribution in [1.82, 2.24) is 20.1 Å². The van der Waals surface area contributed by atoms with Crippen LogP contribution in [0, 0.1) is 5.92 Å². The Morgan fingerprint density at radius 2 is 1.94 bits per heavy atom. The zero-order valence-electron chi connectivity index (χ0n) is 20.6. The molecule has 1 aromatic rings. The quantitative estimate of drug-likeness (QED) is 0.536. The normalized spacial score (nSPS) is 17.8. The third-order valence-electron chi connectivity index (χ3n) is 5.92. The minimum Gasteiger partial charge on any atom is -0.444 e. The van der Waals surface area contributed by atoms with E-state index in [0.717, 1.165) is 49.8 Å². The fourth-order valence-corrected chi connectivity index (χ4v) is 4.14. The summed E-state index contributed by atoms with van der Waals surface area (Å²) in [6.45, 7) is 9.01. The molecule has 1 saturated heterocycles. The first kappa shape index (κ1) is 24.1. The van der Waals surface area contributed by atoms with E-state index in [-0.39, 0.29) is 12.1 Å². The number of guanidine groups is 1. The van der Waals surface area contributed by atoms with E-state index in [1.54, 1.807) is 0 Å². The molecule has 0 radical (unpaired) electrons. The molecule has 178 valence electrons. The molecule has 2 aliphatic rings. The van der Waals surface area contributed by atoms with Gasteiger partial charge in [-0.1, -0.05) is 6.07 Å². The van der Waals surface area contributed by atoms with Crippen LogP contribution in [-0.4, -0.2) is 79.3 Å². The van der Waals surface area contributed by atoms with E-state index in [9.17, 15) is 4.79 Å². The van der Waals surface area contributed by atoms with Crippen LogP contribution in [0.3, 0.4) is 0 Å². The van der Waals surface area contributed by atoms with Gasteiger partial charge in [0.05, 0.1) is 0 Å². The minimum atomic E-state index is -0.469. The number of hydrogen-bond donors (Lipinski definition) is 1. The third kappa shape index (κ3) is 6.74. The maximum absolute atomic E-state index is 12.9. The zero-order chi connectivity index (χ0) is 23.3. The molecule has 8 nitrogen and oxygen atoms in total. The van der Waals surface area contributed by atoms with Gasteiger partial charge in [-0.05, 0) is 58.4 Å². The Balaban J connectivity index is 1.57. The molecule has 1 aromatic heterocycles. The number of aliphatic imine (C=N–C) groups is 1. The van der Waals surface area contributed by atoms with E-state index >= 15 is 0 Å². The number of anilines is 1. The predicted molar refractivity (Wildman–Crippen MR) is 129 cm³/mol. The van der Waals surface area contributed by atoms with Gasteiger partial charge in [0.1, 0.15) is 11.4 Å². The molecule has 3 rings (SSSR count). The van der Waals surface area contributed by atoms with Crippen LogP contribution < -0.4 is 10.2 Å². The van der Waals surface area contributed by atoms with Crippen LogP contribution in [0.2, 0.25) is 0 Å². The largest absolute Gasteiger partial charge is 0.444 e. The average Bonchev–Trinajstić information content (AvgIpc) is 3.56. The van der Waals surface area contributed by atoms with E-state index < -0.39 is 5.60 Å². The number of carbonyl (C=O) groups is 1. The molecule has 2 fully saturated rings. The van der Waals surface area contributed by atoms with Crippen LogP contribution >= 0.6 is 0 Å². The third-order valence-corrected chi connectivity index (χ3v) is 5.92. The van der Waals surface area contributed by atoms with Crippen molar-refractivity contribution < 1.29 is 9.53 Å². The lowest BCUT2D eigenvalue weighted by molar-refractivity contribution is 0.00928. The molecule has 32 heavy (non-hydrogen) atoms. The van der Waals surface area contributed by atoms with E-state index in [1.807, 2.05) is 64.0 Å². The van der Waals surface area contributed by atoms with Crippen molar-refractivity contribution in [3.63, 3.8) is 0 Å². The van der Waals surface area contributed by atoms with E-state index in [4.69, 9.17) is 4.74 Å². The van der Waals surface area contributed by atoms with Crippen LogP contribution in [0.15, 0.2) is 23.3 Å². The zero-order valence-corrected chi connectivity index (χ0v) is 20.6. The van der Waals surface area contributed by atoms with Crippen molar-refractivity contribution in [3.05, 3.63) is 23.9 Å². The Labute approximate surface area is 193 Å². The lowest BCUT2D eigenvalue weighted by Gasteiger charge is -2.40. The van der Waals surface area contributed by atoms with E-state index in [0.29, 0.717) is 12.5 Å². The second kappa shape index (κ2) is 10.4. The Morgan fingerprint density at radius 3 is 2.50 bits per heavy atom. The Morgan fingerprint density at radius 1 is 1.25 bits per heavy atom. The first-order valence-electron chi connectivity index (χ1n) is 11.7. The summed E-state index contributed by atoms with van der Waals surface area (Å²) in [7, 11) is 5.83. The number of ether oxygens (including phenoxy) is 1. The Hall–Kier alpha value is -2.51. The molecule has 1 aliphatic heterocycles. The highest BCUT2D eigenvalue weighted by Gasteiger charge is 2.35. The van der Waals surface area contributed by atoms with Gasteiger partial charge >= 0.3 is 6.09 Å². The van der Waals surface area contributed by atoms with E-state index in [2.05, 4.69) is 26.3 Å². The molecule has 0 unspecified atom stereocenters. The van der Waals surface area contributed by atoms with Crippen LogP contribution in [0.25, 0.3) is 0 Å². The number of amides is 1. The summed E-state index contributed by atoms with van der Waals surface area (Å²) in [5, 5.41) is 3.49. The predicted octanol–water partition coefficient (Wildman–Crippen LogP) is 3.33. The summed E-state index contributed by atoms with van der Waals surface area (Å²) in [6, 6.07) is 4.27. The minimum absolute atomic E-state index is 0.168. The van der Waals surface area contributed by atoms with Gasteiger partial charge in [0.15, 0.2) is 5.96 Å². The molecule has 1 saturated carbocycles. The molecule has 0 bridgehead atoms. The van der Waals surface area contributed by atoms with Gasteiger partial charge in [0.25, 0.3) is 0 Å². The van der Waals surface area contributed by atoms with Crippen molar-refractivity contribution in [2.75, 3.05) is 45.7 Å². The number of piperidine rings is 1. The maximum atomic E-state index is 12.9. The van der Waals surface area contributed by atoms with Crippen molar-refractivity contribution in [1.29, 1.82) is 0 Å². The number of carbonyl (C=O) groups excluding carboxylic acids is 1. The van der Waals surface area contributed by atoms with Gasteiger partial charge in [-0.15, -0.1) is 0 Å². The Bertz CT molecular complexity index is 792. The molecule has 0 atom stereocenters. The molecule has 0 aromatic carbocycles. The van der Waals surface area contributed by atoms with Gasteiger partial charge in [-0.25, -0.2) is 9.78 Å². The molecule has 1 amide bonds. The summed E-state index contributed by atoms with van der Waals surface area (Å²) in [4.78, 5) is 28.2. The fraction of sp³-hybridized carbons (Fsp3) is 0.708. The van der Waals surface area contributed by atoms with E-state index in [1.165, 1.54) is 12.8 Å². The molecule has 8 heteroatoms. The molecule has 1 N–H and O–H groups in total. The SMILES string of the molecule is CN=C(NCc1cccnc1N(C)C)N1CCC(N(CC2CC2)C(=O)OC(C)(C)C)CC1. The van der Waals surface area contributed by atoms with Crippen LogP contribution in [-0.2, 0) is 11.3 Å². The second-order valence-corrected chi connectivity index (χ2v) is 10.1. The highest BCUT2D eigenvalue weighted by molar-refractivity contribution is 5.80. The lowest BCUT2D eigenvalue weighted by Crippen LogP contribution is -2.52. The van der Waals surface area contributed by atoms with Crippen molar-refractivity contribution in [3.8, 4) is 0 Å². The summed E-state index contributed by atoms with van der Waals surface area (Å²) in [6.07, 6.45) is 5.93. The Kier molecular flexibility index (Phi) is 7.85. The lowest BCUT2D eigenvalue weighted by atomic mass is 10.0. The average molecular weight is 445 g/mol. The molecule has 1 aliphatic carbocycles. The maximum Gasteiger partial charge on any atom is 0.410 e. The molecule has 2 heterocycles. The van der Waals surface area contributed by atoms with Crippen molar-refractivity contribution in [2.24, 2.45) is 10.9 Å². The van der Waals surface area contributed by atoms with Crippen molar-refractivity contribution >= 4 is 17.9 Å². The van der Waals surface area contributed by atoms with Crippen molar-refractivity contribution in [2.45, 2.75) is 64.6 Å². The number of rotatable bonds is 6. The summed E-state index contributed by atoms with van der Waals surface area (Å²) >= 11 is 0. The van der Waals surface area contributed by atoms with Crippen LogP contribution in [0.1, 0.15) is 52.0 Å². The molecular weight excluding hydrogens is 404 g/mol. The smallest absolute Gasteiger partial charge is 0.410 e.